The summed E-state index contributed by atoms with van der Waals surface area (Å²) in [5.74, 6) is -0.327. The summed E-state index contributed by atoms with van der Waals surface area (Å²) in [5.41, 5.74) is 3.40. The SMILES string of the molecule is C[C@H]1Sc2ccc(C(=O)Nc3cc(S(=O)(=O)N4CCCC4)c4cc3C4)cc2N(C)C1=O. The van der Waals surface area contributed by atoms with Crippen LogP contribution in [0.3, 0.4) is 0 Å². The van der Waals surface area contributed by atoms with Crippen LogP contribution in [-0.4, -0.2) is 49.9 Å². The molecule has 2 heterocycles. The number of hydrogen-bond acceptors (Lipinski definition) is 5. The number of carbonyl (C=O) groups is 2. The van der Waals surface area contributed by atoms with Crippen LogP contribution in [0.15, 0.2) is 40.1 Å². The molecule has 31 heavy (non-hydrogen) atoms. The van der Waals surface area contributed by atoms with Crippen molar-refractivity contribution in [3.63, 3.8) is 0 Å². The molecule has 0 saturated carbocycles. The summed E-state index contributed by atoms with van der Waals surface area (Å²) in [6.07, 6.45) is 2.30. The molecule has 162 valence electrons. The predicted octanol–water partition coefficient (Wildman–Crippen LogP) is 3.08. The summed E-state index contributed by atoms with van der Waals surface area (Å²) in [6.45, 7) is 2.96. The highest BCUT2D eigenvalue weighted by molar-refractivity contribution is 8.01. The van der Waals surface area contributed by atoms with Crippen molar-refractivity contribution >= 4 is 45.0 Å². The number of anilines is 2. The fourth-order valence-corrected chi connectivity index (χ4v) is 7.15. The van der Waals surface area contributed by atoms with E-state index in [1.54, 1.807) is 30.1 Å². The Balaban J connectivity index is 1.42. The summed E-state index contributed by atoms with van der Waals surface area (Å²) in [5, 5.41) is 2.72. The van der Waals surface area contributed by atoms with Crippen LogP contribution in [0.4, 0.5) is 11.4 Å². The van der Waals surface area contributed by atoms with E-state index in [1.165, 1.54) is 16.1 Å². The Morgan fingerprint density at radius 2 is 1.84 bits per heavy atom. The molecule has 0 aromatic heterocycles. The summed E-state index contributed by atoms with van der Waals surface area (Å²) in [4.78, 5) is 28.1. The smallest absolute Gasteiger partial charge is 0.255 e. The Bertz CT molecular complexity index is 1220. The number of benzene rings is 2. The number of nitrogens with zero attached hydrogens (tertiary/aromatic N) is 2. The van der Waals surface area contributed by atoms with Crippen LogP contribution in [0.25, 0.3) is 0 Å². The molecule has 2 aliphatic carbocycles. The van der Waals surface area contributed by atoms with E-state index in [0.29, 0.717) is 41.3 Å². The van der Waals surface area contributed by atoms with Gasteiger partial charge in [0.25, 0.3) is 5.91 Å². The molecule has 9 heteroatoms. The molecule has 1 fully saturated rings. The maximum atomic E-state index is 13.0. The molecule has 1 saturated heterocycles. The first-order valence-electron chi connectivity index (χ1n) is 10.3. The van der Waals surface area contributed by atoms with Crippen molar-refractivity contribution in [3.8, 4) is 0 Å². The van der Waals surface area contributed by atoms with Gasteiger partial charge in [-0.15, -0.1) is 11.8 Å². The van der Waals surface area contributed by atoms with E-state index in [-0.39, 0.29) is 17.1 Å². The molecule has 2 aromatic carbocycles. The molecule has 2 bridgehead atoms. The highest BCUT2D eigenvalue weighted by Gasteiger charge is 2.33. The van der Waals surface area contributed by atoms with E-state index >= 15 is 0 Å². The largest absolute Gasteiger partial charge is 0.322 e. The fraction of sp³-hybridized carbons (Fsp3) is 0.364. The molecule has 1 N–H and O–H groups in total. The van der Waals surface area contributed by atoms with E-state index in [4.69, 9.17) is 0 Å². The molecule has 2 amide bonds. The third-order valence-electron chi connectivity index (χ3n) is 6.16. The Labute approximate surface area is 185 Å². The van der Waals surface area contributed by atoms with Gasteiger partial charge in [-0.25, -0.2) is 8.42 Å². The van der Waals surface area contributed by atoms with Crippen LogP contribution in [0.1, 0.15) is 41.3 Å². The topological polar surface area (TPSA) is 86.8 Å². The van der Waals surface area contributed by atoms with E-state index in [2.05, 4.69) is 5.32 Å². The van der Waals surface area contributed by atoms with Crippen molar-refractivity contribution in [2.45, 2.75) is 41.2 Å². The van der Waals surface area contributed by atoms with Crippen molar-refractivity contribution in [1.82, 2.24) is 4.31 Å². The Kier molecular flexibility index (Phi) is 4.87. The second-order valence-corrected chi connectivity index (χ2v) is 11.5. The number of amides is 2. The summed E-state index contributed by atoms with van der Waals surface area (Å²) >= 11 is 1.48. The number of hydrogen-bond donors (Lipinski definition) is 1. The van der Waals surface area contributed by atoms with E-state index in [0.717, 1.165) is 28.9 Å². The lowest BCUT2D eigenvalue weighted by atomic mass is 9.91. The summed E-state index contributed by atoms with van der Waals surface area (Å²) in [6, 6.07) is 8.73. The maximum absolute atomic E-state index is 13.0. The summed E-state index contributed by atoms with van der Waals surface area (Å²) in [7, 11) is -1.83. The van der Waals surface area contributed by atoms with Gasteiger partial charge in [-0.3, -0.25) is 9.59 Å². The zero-order valence-corrected chi connectivity index (χ0v) is 19.0. The third kappa shape index (κ3) is 3.35. The normalized spacial score (nSPS) is 20.4. The van der Waals surface area contributed by atoms with E-state index < -0.39 is 10.0 Å². The number of thioether (sulfide) groups is 1. The van der Waals surface area contributed by atoms with Crippen molar-refractivity contribution in [3.05, 3.63) is 47.0 Å². The number of sulfonamides is 1. The average molecular weight is 458 g/mol. The summed E-state index contributed by atoms with van der Waals surface area (Å²) < 4.78 is 27.6. The molecule has 0 unspecified atom stereocenters. The van der Waals surface area contributed by atoms with Gasteiger partial charge in [0.15, 0.2) is 0 Å². The van der Waals surface area contributed by atoms with Gasteiger partial charge in [0.05, 0.1) is 15.8 Å². The van der Waals surface area contributed by atoms with Crippen molar-refractivity contribution in [2.75, 3.05) is 30.4 Å². The van der Waals surface area contributed by atoms with Gasteiger partial charge in [-0.1, -0.05) is 6.07 Å². The minimum atomic E-state index is -3.54. The number of nitrogens with one attached hydrogen (secondary N) is 1. The van der Waals surface area contributed by atoms with Crippen LogP contribution < -0.4 is 10.2 Å². The first-order chi connectivity index (χ1) is 14.8. The molecule has 6 rings (SSSR count). The molecular weight excluding hydrogens is 434 g/mol. The lowest BCUT2D eigenvalue weighted by Crippen LogP contribution is -2.36. The zero-order valence-electron chi connectivity index (χ0n) is 17.3. The first-order valence-corrected chi connectivity index (χ1v) is 12.6. The monoisotopic (exact) mass is 457 g/mol. The average Bonchev–Trinajstić information content (AvgIpc) is 3.27. The van der Waals surface area contributed by atoms with Crippen LogP contribution >= 0.6 is 11.8 Å². The third-order valence-corrected chi connectivity index (χ3v) is 9.30. The van der Waals surface area contributed by atoms with Crippen molar-refractivity contribution < 1.29 is 18.0 Å². The highest BCUT2D eigenvalue weighted by atomic mass is 32.2. The molecule has 2 aromatic rings. The lowest BCUT2D eigenvalue weighted by Gasteiger charge is -2.29. The van der Waals surface area contributed by atoms with Gasteiger partial charge in [-0.2, -0.15) is 4.31 Å². The molecule has 2 aliphatic heterocycles. The molecule has 1 atom stereocenters. The highest BCUT2D eigenvalue weighted by Crippen LogP contribution is 2.40. The Morgan fingerprint density at radius 1 is 1.13 bits per heavy atom. The van der Waals surface area contributed by atoms with Gasteiger partial charge < -0.3 is 10.2 Å². The molecular formula is C22H23N3O4S2. The van der Waals surface area contributed by atoms with Crippen LogP contribution in [0.2, 0.25) is 0 Å². The van der Waals surface area contributed by atoms with Gasteiger partial charge in [0.2, 0.25) is 15.9 Å². The molecule has 0 radical (unpaired) electrons. The lowest BCUT2D eigenvalue weighted by molar-refractivity contribution is -0.117. The number of carbonyl (C=O) groups excluding carboxylic acids is 2. The zero-order chi connectivity index (χ0) is 21.9. The molecule has 4 aliphatic rings. The molecule has 0 spiro atoms. The van der Waals surface area contributed by atoms with Gasteiger partial charge in [0.1, 0.15) is 0 Å². The second-order valence-electron chi connectivity index (χ2n) is 8.20. The minimum Gasteiger partial charge on any atom is -0.322 e. The second kappa shape index (κ2) is 7.36. The number of fused-ring (bicyclic) bond motifs is 3. The maximum Gasteiger partial charge on any atom is 0.255 e. The van der Waals surface area contributed by atoms with Gasteiger partial charge in [-0.05, 0) is 55.2 Å². The van der Waals surface area contributed by atoms with E-state index in [1.807, 2.05) is 19.1 Å². The van der Waals surface area contributed by atoms with Crippen molar-refractivity contribution in [1.29, 1.82) is 0 Å². The molecule has 7 nitrogen and oxygen atoms in total. The Morgan fingerprint density at radius 3 is 2.55 bits per heavy atom. The standard InChI is InChI=1S/C22H23N3O4S2/c1-13-22(27)24(2)18-11-14(5-6-19(18)30-13)21(26)23-17-12-20(16-9-15(17)10-16)31(28,29)25-7-3-4-8-25/h5-6,9,11-13H,3-4,7-8,10H2,1-2H3,(H,23,26)/t13-/m1/s1. The van der Waals surface area contributed by atoms with Crippen LogP contribution in [0.5, 0.6) is 0 Å². The predicted molar refractivity (Wildman–Crippen MR) is 120 cm³/mol. The van der Waals surface area contributed by atoms with Gasteiger partial charge >= 0.3 is 0 Å². The van der Waals surface area contributed by atoms with Crippen molar-refractivity contribution in [2.24, 2.45) is 0 Å². The number of rotatable bonds is 4. The van der Waals surface area contributed by atoms with Crippen LogP contribution in [0, 0.1) is 0 Å². The van der Waals surface area contributed by atoms with E-state index in [9.17, 15) is 18.0 Å². The quantitative estimate of drug-likeness (QED) is 0.651. The fourth-order valence-electron chi connectivity index (χ4n) is 4.31. The van der Waals surface area contributed by atoms with Gasteiger partial charge in [0, 0.05) is 42.7 Å². The Hall–Kier alpha value is -2.36. The van der Waals surface area contributed by atoms with Crippen LogP contribution in [-0.2, 0) is 21.2 Å². The first kappa shape index (κ1) is 20.5. The minimum absolute atomic E-state index is 0.000835.